The lowest BCUT2D eigenvalue weighted by Crippen LogP contribution is -2.41. The molecular weight excluding hydrogens is 398 g/mol. The van der Waals surface area contributed by atoms with Gasteiger partial charge >= 0.3 is 12.0 Å². The lowest BCUT2D eigenvalue weighted by Gasteiger charge is -2.22. The molecule has 1 aliphatic heterocycles. The molecule has 0 spiro atoms. The number of aromatic nitrogens is 1. The molecule has 3 rings (SSSR count). The third-order valence-corrected chi connectivity index (χ3v) is 5.75. The van der Waals surface area contributed by atoms with Gasteiger partial charge in [-0.2, -0.15) is 0 Å². The van der Waals surface area contributed by atoms with Gasteiger partial charge in [0.05, 0.1) is 0 Å². The molecule has 164 valence electrons. The zero-order valence-electron chi connectivity index (χ0n) is 18.4. The highest BCUT2D eigenvalue weighted by molar-refractivity contribution is 6.09. The van der Waals surface area contributed by atoms with Gasteiger partial charge in [0.1, 0.15) is 12.1 Å². The number of ether oxygens (including phenoxy) is 1. The number of rotatable bonds is 7. The number of ketones is 1. The van der Waals surface area contributed by atoms with E-state index in [2.05, 4.69) is 5.32 Å². The monoisotopic (exact) mass is 425 g/mol. The van der Waals surface area contributed by atoms with Gasteiger partial charge in [0.25, 0.3) is 5.91 Å². The Morgan fingerprint density at radius 2 is 1.74 bits per heavy atom. The van der Waals surface area contributed by atoms with Gasteiger partial charge in [-0.1, -0.05) is 29.8 Å². The van der Waals surface area contributed by atoms with Gasteiger partial charge in [0.15, 0.2) is 6.61 Å². The number of imide groups is 1. The fourth-order valence-corrected chi connectivity index (χ4v) is 3.89. The Morgan fingerprint density at radius 3 is 2.32 bits per heavy atom. The third kappa shape index (κ3) is 4.10. The molecule has 1 atom stereocenters. The van der Waals surface area contributed by atoms with E-state index in [9.17, 15) is 19.2 Å². The normalized spacial score (nSPS) is 18.3. The predicted octanol–water partition coefficient (Wildman–Crippen LogP) is 2.63. The lowest BCUT2D eigenvalue weighted by molar-refractivity contribution is -0.146. The number of hydrogen-bond donors (Lipinski definition) is 1. The molecule has 1 aromatic carbocycles. The summed E-state index contributed by atoms with van der Waals surface area (Å²) in [5, 5.41) is 2.64. The summed E-state index contributed by atoms with van der Waals surface area (Å²) in [7, 11) is 0. The van der Waals surface area contributed by atoms with Crippen LogP contribution in [-0.2, 0) is 26.4 Å². The van der Waals surface area contributed by atoms with Crippen LogP contribution in [0.15, 0.2) is 30.3 Å². The van der Waals surface area contributed by atoms with Crippen molar-refractivity contribution >= 4 is 23.7 Å². The Morgan fingerprint density at radius 1 is 1.10 bits per heavy atom. The van der Waals surface area contributed by atoms with Gasteiger partial charge in [0.2, 0.25) is 5.78 Å². The van der Waals surface area contributed by atoms with Crippen molar-refractivity contribution in [2.45, 2.75) is 46.7 Å². The molecule has 2 aromatic rings. The number of esters is 1. The average Bonchev–Trinajstić information content (AvgIpc) is 3.13. The van der Waals surface area contributed by atoms with Gasteiger partial charge in [-0.15, -0.1) is 0 Å². The number of amides is 3. The van der Waals surface area contributed by atoms with Gasteiger partial charge in [-0.05, 0) is 46.2 Å². The first-order valence-corrected chi connectivity index (χ1v) is 10.1. The second-order valence-electron chi connectivity index (χ2n) is 7.93. The van der Waals surface area contributed by atoms with E-state index in [0.717, 1.165) is 28.4 Å². The molecule has 0 aliphatic carbocycles. The van der Waals surface area contributed by atoms with Crippen LogP contribution in [0.1, 0.15) is 46.7 Å². The van der Waals surface area contributed by atoms with E-state index in [1.807, 2.05) is 44.4 Å². The summed E-state index contributed by atoms with van der Waals surface area (Å²) in [5.41, 5.74) is 2.63. The Kier molecular flexibility index (Phi) is 6.01. The average molecular weight is 425 g/mol. The predicted molar refractivity (Wildman–Crippen MR) is 114 cm³/mol. The standard InChI is InChI=1S/C23H27N3O5/c1-6-25-15(3)11-18(16(25)4)19(27)13-31-20(28)12-26-21(29)23(5,24-22(26)30)17-9-7-14(2)8-10-17/h7-11H,6,12-13H2,1-5H3,(H,24,30)/t23-/m1/s1. The van der Waals surface area contributed by atoms with E-state index in [4.69, 9.17) is 4.74 Å². The van der Waals surface area contributed by atoms with E-state index in [0.29, 0.717) is 11.1 Å². The first-order valence-electron chi connectivity index (χ1n) is 10.1. The summed E-state index contributed by atoms with van der Waals surface area (Å²) < 4.78 is 7.07. The molecule has 1 fully saturated rings. The van der Waals surface area contributed by atoms with Crippen LogP contribution in [0.3, 0.4) is 0 Å². The van der Waals surface area contributed by atoms with Gasteiger partial charge in [0, 0.05) is 23.5 Å². The Balaban J connectivity index is 1.64. The summed E-state index contributed by atoms with van der Waals surface area (Å²) in [6.45, 7) is 8.96. The molecule has 1 aromatic heterocycles. The Bertz CT molecular complexity index is 1050. The first kappa shape index (κ1) is 22.3. The number of carbonyl (C=O) groups is 4. The maximum Gasteiger partial charge on any atom is 0.326 e. The minimum atomic E-state index is -1.27. The van der Waals surface area contributed by atoms with Crippen LogP contribution in [0.25, 0.3) is 0 Å². The molecule has 8 heteroatoms. The van der Waals surface area contributed by atoms with Crippen molar-refractivity contribution in [1.82, 2.24) is 14.8 Å². The highest BCUT2D eigenvalue weighted by atomic mass is 16.5. The fraction of sp³-hybridized carbons (Fsp3) is 0.391. The molecule has 8 nitrogen and oxygen atoms in total. The maximum absolute atomic E-state index is 12.9. The van der Waals surface area contributed by atoms with Gasteiger partial charge < -0.3 is 14.6 Å². The summed E-state index contributed by atoms with van der Waals surface area (Å²) in [5.74, 6) is -1.70. The number of nitrogens with zero attached hydrogens (tertiary/aromatic N) is 2. The molecule has 3 amide bonds. The van der Waals surface area contributed by atoms with Crippen LogP contribution < -0.4 is 5.32 Å². The number of Topliss-reactive ketones (excluding diaryl/α,β-unsaturated/α-hetero) is 1. The van der Waals surface area contributed by atoms with Crippen LogP contribution in [0.5, 0.6) is 0 Å². The van der Waals surface area contributed by atoms with Crippen LogP contribution in [-0.4, -0.2) is 46.3 Å². The van der Waals surface area contributed by atoms with Crippen LogP contribution in [0.4, 0.5) is 4.79 Å². The second-order valence-corrected chi connectivity index (χ2v) is 7.93. The van der Waals surface area contributed by atoms with Crippen molar-refractivity contribution < 1.29 is 23.9 Å². The number of benzene rings is 1. The Labute approximate surface area is 181 Å². The molecule has 2 heterocycles. The highest BCUT2D eigenvalue weighted by Gasteiger charge is 2.49. The smallest absolute Gasteiger partial charge is 0.326 e. The highest BCUT2D eigenvalue weighted by Crippen LogP contribution is 2.29. The van der Waals surface area contributed by atoms with E-state index in [-0.39, 0.29) is 5.78 Å². The number of aryl methyl sites for hydroxylation is 2. The SMILES string of the molecule is CCn1c(C)cc(C(=O)COC(=O)CN2C(=O)N[C@](C)(c3ccc(C)cc3)C2=O)c1C. The van der Waals surface area contributed by atoms with E-state index in [1.54, 1.807) is 25.1 Å². The summed E-state index contributed by atoms with van der Waals surface area (Å²) in [6, 6.07) is 8.31. The third-order valence-electron chi connectivity index (χ3n) is 5.75. The molecule has 1 saturated heterocycles. The second kappa shape index (κ2) is 8.37. The molecule has 1 N–H and O–H groups in total. The van der Waals surface area contributed by atoms with Crippen molar-refractivity contribution in [2.75, 3.05) is 13.2 Å². The van der Waals surface area contributed by atoms with Gasteiger partial charge in [-0.25, -0.2) is 4.79 Å². The quantitative estimate of drug-likeness (QED) is 0.418. The number of carbonyl (C=O) groups excluding carboxylic acids is 4. The number of nitrogens with one attached hydrogen (secondary N) is 1. The molecule has 1 aliphatic rings. The largest absolute Gasteiger partial charge is 0.456 e. The molecule has 31 heavy (non-hydrogen) atoms. The zero-order chi connectivity index (χ0) is 22.9. The summed E-state index contributed by atoms with van der Waals surface area (Å²) >= 11 is 0. The molecule has 0 bridgehead atoms. The van der Waals surface area contributed by atoms with Gasteiger partial charge in [-0.3, -0.25) is 19.3 Å². The van der Waals surface area contributed by atoms with Crippen molar-refractivity contribution in [1.29, 1.82) is 0 Å². The number of hydrogen-bond acceptors (Lipinski definition) is 5. The van der Waals surface area contributed by atoms with E-state index < -0.39 is 36.6 Å². The fourth-order valence-electron chi connectivity index (χ4n) is 3.89. The van der Waals surface area contributed by atoms with Crippen molar-refractivity contribution in [3.63, 3.8) is 0 Å². The van der Waals surface area contributed by atoms with Crippen molar-refractivity contribution in [3.8, 4) is 0 Å². The van der Waals surface area contributed by atoms with Crippen LogP contribution in [0, 0.1) is 20.8 Å². The van der Waals surface area contributed by atoms with Crippen molar-refractivity contribution in [3.05, 3.63) is 58.4 Å². The number of urea groups is 1. The molecule has 0 unspecified atom stereocenters. The molecule has 0 radical (unpaired) electrons. The van der Waals surface area contributed by atoms with E-state index in [1.165, 1.54) is 0 Å². The van der Waals surface area contributed by atoms with Crippen LogP contribution >= 0.6 is 0 Å². The first-order chi connectivity index (χ1) is 14.6. The Hall–Kier alpha value is -3.42. The molecular formula is C23H27N3O5. The minimum Gasteiger partial charge on any atom is -0.456 e. The van der Waals surface area contributed by atoms with E-state index >= 15 is 0 Å². The summed E-state index contributed by atoms with van der Waals surface area (Å²) in [6.07, 6.45) is 0. The molecule has 0 saturated carbocycles. The zero-order valence-corrected chi connectivity index (χ0v) is 18.4. The summed E-state index contributed by atoms with van der Waals surface area (Å²) in [4.78, 5) is 50.8. The topological polar surface area (TPSA) is 97.7 Å². The van der Waals surface area contributed by atoms with Crippen molar-refractivity contribution in [2.24, 2.45) is 0 Å². The minimum absolute atomic E-state index is 0.331. The maximum atomic E-state index is 12.9. The lowest BCUT2D eigenvalue weighted by atomic mass is 9.91. The van der Waals surface area contributed by atoms with Crippen LogP contribution in [0.2, 0.25) is 0 Å².